The van der Waals surface area contributed by atoms with E-state index in [1.54, 1.807) is 0 Å². The number of carbonyl (C=O) groups is 1. The molecule has 0 atom stereocenters. The van der Waals surface area contributed by atoms with Gasteiger partial charge >= 0.3 is 0 Å². The minimum absolute atomic E-state index is 0.171. The van der Waals surface area contributed by atoms with Crippen LogP contribution in [0.1, 0.15) is 44.9 Å². The van der Waals surface area contributed by atoms with Crippen LogP contribution in [-0.2, 0) is 4.79 Å². The number of nitrogens with one attached hydrogen (secondary N) is 1. The minimum atomic E-state index is -1.12. The van der Waals surface area contributed by atoms with Crippen molar-refractivity contribution in [3.8, 4) is 0 Å². The molecule has 2 fully saturated rings. The number of carbonyl (C=O) groups excluding carboxylic acids is 1. The fourth-order valence-electron chi connectivity index (χ4n) is 3.15. The predicted octanol–water partition coefficient (Wildman–Crippen LogP) is 1.63. The third-order valence-corrected chi connectivity index (χ3v) is 5.68. The zero-order valence-corrected chi connectivity index (χ0v) is 13.4. The average Bonchev–Trinajstić information content (AvgIpc) is 2.48. The van der Waals surface area contributed by atoms with Gasteiger partial charge in [0.05, 0.1) is 0 Å². The lowest BCUT2D eigenvalue weighted by atomic mass is 9.94. The van der Waals surface area contributed by atoms with Crippen LogP contribution in [0.5, 0.6) is 0 Å². The number of aliphatic hydroxyl groups is 1. The fourth-order valence-corrected chi connectivity index (χ4v) is 4.32. The van der Waals surface area contributed by atoms with E-state index in [1.165, 1.54) is 32.1 Å². The van der Waals surface area contributed by atoms with Crippen molar-refractivity contribution in [2.75, 3.05) is 31.6 Å². The Bertz CT molecular complexity index is 313. The molecule has 20 heavy (non-hydrogen) atoms. The number of rotatable bonds is 5. The van der Waals surface area contributed by atoms with Crippen LogP contribution >= 0.6 is 11.8 Å². The largest absolute Gasteiger partial charge is 0.380 e. The first-order chi connectivity index (χ1) is 9.62. The van der Waals surface area contributed by atoms with Crippen molar-refractivity contribution in [3.05, 3.63) is 0 Å². The van der Waals surface area contributed by atoms with Gasteiger partial charge < -0.3 is 15.3 Å². The summed E-state index contributed by atoms with van der Waals surface area (Å²) in [6, 6.07) is 0.676. The summed E-state index contributed by atoms with van der Waals surface area (Å²) in [7, 11) is 2.15. The molecule has 0 aromatic rings. The third-order valence-electron chi connectivity index (χ3n) is 4.69. The standard InChI is InChI=1S/C15H28N2O2S/c1-17(13-5-3-2-4-6-13)10-9-16-14(18)15(19)7-11-20-12-8-15/h13,19H,2-12H2,1H3,(H,16,18). The second kappa shape index (κ2) is 7.66. The van der Waals surface area contributed by atoms with Crippen LogP contribution in [-0.4, -0.2) is 59.2 Å². The zero-order chi connectivity index (χ0) is 14.4. The van der Waals surface area contributed by atoms with Crippen molar-refractivity contribution >= 4 is 17.7 Å². The maximum Gasteiger partial charge on any atom is 0.252 e. The number of likely N-dealkylation sites (N-methyl/N-ethyl adjacent to an activating group) is 1. The molecule has 0 spiro atoms. The van der Waals surface area contributed by atoms with E-state index in [2.05, 4.69) is 17.3 Å². The highest BCUT2D eigenvalue weighted by atomic mass is 32.2. The van der Waals surface area contributed by atoms with Crippen LogP contribution in [0.25, 0.3) is 0 Å². The Labute approximate surface area is 126 Å². The third kappa shape index (κ3) is 4.37. The molecule has 1 heterocycles. The maximum absolute atomic E-state index is 12.1. The molecule has 1 saturated carbocycles. The van der Waals surface area contributed by atoms with Gasteiger partial charge in [0.2, 0.25) is 0 Å². The smallest absolute Gasteiger partial charge is 0.252 e. The summed E-state index contributed by atoms with van der Waals surface area (Å²) in [5.41, 5.74) is -1.12. The van der Waals surface area contributed by atoms with Gasteiger partial charge in [-0.2, -0.15) is 11.8 Å². The molecular weight excluding hydrogens is 272 g/mol. The molecule has 5 heteroatoms. The molecule has 4 nitrogen and oxygen atoms in total. The van der Waals surface area contributed by atoms with Crippen molar-refractivity contribution in [3.63, 3.8) is 0 Å². The minimum Gasteiger partial charge on any atom is -0.380 e. The van der Waals surface area contributed by atoms with Crippen LogP contribution in [0, 0.1) is 0 Å². The molecule has 2 N–H and O–H groups in total. The lowest BCUT2D eigenvalue weighted by Gasteiger charge is -2.32. The van der Waals surface area contributed by atoms with Gasteiger partial charge in [0.15, 0.2) is 0 Å². The predicted molar refractivity (Wildman–Crippen MR) is 84.0 cm³/mol. The van der Waals surface area contributed by atoms with Crippen molar-refractivity contribution in [1.82, 2.24) is 10.2 Å². The van der Waals surface area contributed by atoms with Gasteiger partial charge in [-0.25, -0.2) is 0 Å². The second-order valence-electron chi connectivity index (χ2n) is 6.17. The second-order valence-corrected chi connectivity index (χ2v) is 7.40. The molecule has 0 bridgehead atoms. The fraction of sp³-hybridized carbons (Fsp3) is 0.933. The van der Waals surface area contributed by atoms with Gasteiger partial charge in [0, 0.05) is 19.1 Å². The quantitative estimate of drug-likeness (QED) is 0.810. The number of amides is 1. The molecule has 2 rings (SSSR count). The Morgan fingerprint density at radius 1 is 1.30 bits per heavy atom. The number of nitrogens with zero attached hydrogens (tertiary/aromatic N) is 1. The van der Waals surface area contributed by atoms with Gasteiger partial charge in [-0.05, 0) is 44.2 Å². The van der Waals surface area contributed by atoms with Crippen molar-refractivity contribution in [1.29, 1.82) is 0 Å². The SMILES string of the molecule is CN(CCNC(=O)C1(O)CCSCC1)C1CCCCC1. The average molecular weight is 300 g/mol. The van der Waals surface area contributed by atoms with Crippen LogP contribution in [0.3, 0.4) is 0 Å². The Balaban J connectivity index is 1.67. The molecule has 0 radical (unpaired) electrons. The summed E-state index contributed by atoms with van der Waals surface area (Å²) in [5, 5.41) is 13.2. The molecule has 1 aliphatic heterocycles. The van der Waals surface area contributed by atoms with Crippen molar-refractivity contribution in [2.24, 2.45) is 0 Å². The first kappa shape index (κ1) is 16.1. The molecule has 1 aliphatic carbocycles. The Morgan fingerprint density at radius 3 is 2.60 bits per heavy atom. The van der Waals surface area contributed by atoms with E-state index in [4.69, 9.17) is 0 Å². The highest BCUT2D eigenvalue weighted by molar-refractivity contribution is 7.99. The summed E-state index contributed by atoms with van der Waals surface area (Å²) in [6.45, 7) is 1.52. The molecule has 0 aromatic heterocycles. The van der Waals surface area contributed by atoms with Gasteiger partial charge in [0.1, 0.15) is 5.60 Å². The summed E-state index contributed by atoms with van der Waals surface area (Å²) in [4.78, 5) is 14.5. The van der Waals surface area contributed by atoms with Crippen LogP contribution in [0.15, 0.2) is 0 Å². The summed E-state index contributed by atoms with van der Waals surface area (Å²) in [6.07, 6.45) is 7.77. The lowest BCUT2D eigenvalue weighted by Crippen LogP contribution is -2.50. The molecule has 2 aliphatic rings. The highest BCUT2D eigenvalue weighted by Crippen LogP contribution is 2.27. The van der Waals surface area contributed by atoms with Crippen LogP contribution < -0.4 is 5.32 Å². The Hall–Kier alpha value is -0.260. The number of hydrogen-bond donors (Lipinski definition) is 2. The molecule has 1 saturated heterocycles. The van der Waals surface area contributed by atoms with E-state index in [1.807, 2.05) is 11.8 Å². The van der Waals surface area contributed by atoms with E-state index in [-0.39, 0.29) is 5.91 Å². The van der Waals surface area contributed by atoms with E-state index in [0.29, 0.717) is 25.4 Å². The normalized spacial score (nSPS) is 23.8. The van der Waals surface area contributed by atoms with E-state index in [0.717, 1.165) is 18.1 Å². The highest BCUT2D eigenvalue weighted by Gasteiger charge is 2.37. The molecule has 116 valence electrons. The number of hydrogen-bond acceptors (Lipinski definition) is 4. The summed E-state index contributed by atoms with van der Waals surface area (Å²) >= 11 is 1.81. The number of thioether (sulfide) groups is 1. The van der Waals surface area contributed by atoms with Crippen molar-refractivity contribution in [2.45, 2.75) is 56.6 Å². The molecule has 1 amide bonds. The van der Waals surface area contributed by atoms with Crippen molar-refractivity contribution < 1.29 is 9.90 Å². The van der Waals surface area contributed by atoms with Crippen LogP contribution in [0.4, 0.5) is 0 Å². The lowest BCUT2D eigenvalue weighted by molar-refractivity contribution is -0.140. The molecule has 0 unspecified atom stereocenters. The van der Waals surface area contributed by atoms with Gasteiger partial charge in [-0.15, -0.1) is 0 Å². The monoisotopic (exact) mass is 300 g/mol. The van der Waals surface area contributed by atoms with Crippen LogP contribution in [0.2, 0.25) is 0 Å². The summed E-state index contributed by atoms with van der Waals surface area (Å²) in [5.74, 6) is 1.59. The Kier molecular flexibility index (Phi) is 6.18. The molecule has 0 aromatic carbocycles. The zero-order valence-electron chi connectivity index (χ0n) is 12.6. The first-order valence-electron chi connectivity index (χ1n) is 7.90. The Morgan fingerprint density at radius 2 is 1.95 bits per heavy atom. The topological polar surface area (TPSA) is 52.6 Å². The van der Waals surface area contributed by atoms with Gasteiger partial charge in [-0.3, -0.25) is 4.79 Å². The van der Waals surface area contributed by atoms with E-state index >= 15 is 0 Å². The van der Waals surface area contributed by atoms with Gasteiger partial charge in [0.25, 0.3) is 5.91 Å². The maximum atomic E-state index is 12.1. The summed E-state index contributed by atoms with van der Waals surface area (Å²) < 4.78 is 0. The van der Waals surface area contributed by atoms with Gasteiger partial charge in [-0.1, -0.05) is 19.3 Å². The molecular formula is C15H28N2O2S. The van der Waals surface area contributed by atoms with E-state index in [9.17, 15) is 9.90 Å². The van der Waals surface area contributed by atoms with E-state index < -0.39 is 5.60 Å². The first-order valence-corrected chi connectivity index (χ1v) is 9.06.